The van der Waals surface area contributed by atoms with Gasteiger partial charge >= 0.3 is 12.0 Å². The van der Waals surface area contributed by atoms with Crippen LogP contribution < -0.4 is 10.1 Å². The van der Waals surface area contributed by atoms with E-state index in [0.29, 0.717) is 12.3 Å². The molecular formula is C15H17BrN2O5. The second-order valence-electron chi connectivity index (χ2n) is 4.91. The molecule has 0 unspecified atom stereocenters. The van der Waals surface area contributed by atoms with Gasteiger partial charge in [0.25, 0.3) is 5.91 Å². The van der Waals surface area contributed by atoms with Gasteiger partial charge in [-0.1, -0.05) is 22.0 Å². The van der Waals surface area contributed by atoms with Gasteiger partial charge in [-0.05, 0) is 25.1 Å². The molecule has 23 heavy (non-hydrogen) atoms. The second kappa shape index (κ2) is 7.96. The SMILES string of the molecule is C[C@H](OC(=O)CCOc1cccc(Br)c1)C(=O)N1CCNC1=O. The number of nitrogens with zero attached hydrogens (tertiary/aromatic N) is 1. The number of benzene rings is 1. The van der Waals surface area contributed by atoms with Gasteiger partial charge in [0.05, 0.1) is 13.0 Å². The third-order valence-corrected chi connectivity index (χ3v) is 3.64. The van der Waals surface area contributed by atoms with E-state index >= 15 is 0 Å². The van der Waals surface area contributed by atoms with Crippen LogP contribution in [0.1, 0.15) is 13.3 Å². The fourth-order valence-electron chi connectivity index (χ4n) is 2.02. The van der Waals surface area contributed by atoms with Crippen molar-refractivity contribution in [2.24, 2.45) is 0 Å². The van der Waals surface area contributed by atoms with E-state index in [1.807, 2.05) is 12.1 Å². The summed E-state index contributed by atoms with van der Waals surface area (Å²) < 4.78 is 11.3. The van der Waals surface area contributed by atoms with Gasteiger partial charge < -0.3 is 14.8 Å². The van der Waals surface area contributed by atoms with Crippen molar-refractivity contribution in [3.63, 3.8) is 0 Å². The lowest BCUT2D eigenvalue weighted by molar-refractivity contribution is -0.157. The Balaban J connectivity index is 1.73. The highest BCUT2D eigenvalue weighted by molar-refractivity contribution is 9.10. The Hall–Kier alpha value is -2.09. The van der Waals surface area contributed by atoms with E-state index in [2.05, 4.69) is 21.2 Å². The van der Waals surface area contributed by atoms with Crippen LogP contribution in [-0.2, 0) is 14.3 Å². The second-order valence-corrected chi connectivity index (χ2v) is 5.83. The molecule has 1 N–H and O–H groups in total. The Labute approximate surface area is 142 Å². The van der Waals surface area contributed by atoms with Crippen LogP contribution in [0.25, 0.3) is 0 Å². The molecule has 0 radical (unpaired) electrons. The summed E-state index contributed by atoms with van der Waals surface area (Å²) >= 11 is 3.32. The van der Waals surface area contributed by atoms with E-state index in [1.54, 1.807) is 12.1 Å². The highest BCUT2D eigenvalue weighted by Gasteiger charge is 2.31. The molecule has 0 aliphatic carbocycles. The molecule has 1 atom stereocenters. The minimum atomic E-state index is -1.00. The van der Waals surface area contributed by atoms with Crippen molar-refractivity contribution in [1.29, 1.82) is 0 Å². The van der Waals surface area contributed by atoms with Gasteiger partial charge in [0.15, 0.2) is 6.10 Å². The highest BCUT2D eigenvalue weighted by atomic mass is 79.9. The van der Waals surface area contributed by atoms with Crippen LogP contribution in [0, 0.1) is 0 Å². The maximum atomic E-state index is 12.0. The lowest BCUT2D eigenvalue weighted by atomic mass is 10.3. The summed E-state index contributed by atoms with van der Waals surface area (Å²) in [5.74, 6) is -0.452. The Morgan fingerprint density at radius 2 is 2.22 bits per heavy atom. The first-order chi connectivity index (χ1) is 11.0. The molecule has 8 heteroatoms. The molecule has 1 aliphatic heterocycles. The van der Waals surface area contributed by atoms with Crippen LogP contribution in [0.3, 0.4) is 0 Å². The number of halogens is 1. The number of carbonyl (C=O) groups is 3. The van der Waals surface area contributed by atoms with Gasteiger partial charge in [-0.2, -0.15) is 0 Å². The molecule has 1 aliphatic rings. The number of esters is 1. The number of imide groups is 1. The third-order valence-electron chi connectivity index (χ3n) is 3.15. The quantitative estimate of drug-likeness (QED) is 0.754. The van der Waals surface area contributed by atoms with E-state index < -0.39 is 24.0 Å². The predicted octanol–water partition coefficient (Wildman–Crippen LogP) is 1.70. The molecule has 1 aromatic carbocycles. The maximum absolute atomic E-state index is 12.0. The molecule has 0 saturated carbocycles. The van der Waals surface area contributed by atoms with Crippen molar-refractivity contribution in [3.05, 3.63) is 28.7 Å². The summed E-state index contributed by atoms with van der Waals surface area (Å²) in [5.41, 5.74) is 0. The number of hydrogen-bond acceptors (Lipinski definition) is 5. The van der Waals surface area contributed by atoms with Gasteiger partial charge in [-0.25, -0.2) is 4.79 Å². The molecule has 1 heterocycles. The Kier molecular flexibility index (Phi) is 5.97. The summed E-state index contributed by atoms with van der Waals surface area (Å²) in [6.07, 6.45) is -0.992. The smallest absolute Gasteiger partial charge is 0.324 e. The summed E-state index contributed by atoms with van der Waals surface area (Å²) in [6.45, 7) is 2.28. The molecule has 3 amide bonds. The maximum Gasteiger partial charge on any atom is 0.324 e. The van der Waals surface area contributed by atoms with E-state index in [9.17, 15) is 14.4 Å². The van der Waals surface area contributed by atoms with Crippen LogP contribution >= 0.6 is 15.9 Å². The average Bonchev–Trinajstić information content (AvgIpc) is 2.92. The Bertz CT molecular complexity index is 607. The lowest BCUT2D eigenvalue weighted by Gasteiger charge is -2.18. The van der Waals surface area contributed by atoms with E-state index in [4.69, 9.17) is 9.47 Å². The van der Waals surface area contributed by atoms with Crippen LogP contribution in [0.15, 0.2) is 28.7 Å². The third kappa shape index (κ3) is 4.95. The number of rotatable bonds is 6. The minimum Gasteiger partial charge on any atom is -0.493 e. The van der Waals surface area contributed by atoms with Crippen LogP contribution in [0.2, 0.25) is 0 Å². The monoisotopic (exact) mass is 384 g/mol. The molecule has 7 nitrogen and oxygen atoms in total. The highest BCUT2D eigenvalue weighted by Crippen LogP contribution is 2.17. The van der Waals surface area contributed by atoms with Crippen molar-refractivity contribution in [2.75, 3.05) is 19.7 Å². The first-order valence-electron chi connectivity index (χ1n) is 7.14. The zero-order valence-electron chi connectivity index (χ0n) is 12.6. The summed E-state index contributed by atoms with van der Waals surface area (Å²) in [6, 6.07) is 6.77. The van der Waals surface area contributed by atoms with Crippen molar-refractivity contribution in [1.82, 2.24) is 10.2 Å². The number of carbonyl (C=O) groups excluding carboxylic acids is 3. The average molecular weight is 385 g/mol. The number of ether oxygens (including phenoxy) is 2. The molecule has 0 aromatic heterocycles. The van der Waals surface area contributed by atoms with E-state index in [-0.39, 0.29) is 19.6 Å². The zero-order chi connectivity index (χ0) is 16.8. The van der Waals surface area contributed by atoms with Crippen molar-refractivity contribution in [3.8, 4) is 5.75 Å². The van der Waals surface area contributed by atoms with Crippen molar-refractivity contribution in [2.45, 2.75) is 19.4 Å². The number of hydrogen-bond donors (Lipinski definition) is 1. The van der Waals surface area contributed by atoms with Gasteiger partial charge in [0.2, 0.25) is 0 Å². The molecule has 0 bridgehead atoms. The number of nitrogens with one attached hydrogen (secondary N) is 1. The van der Waals surface area contributed by atoms with Gasteiger partial charge in [0.1, 0.15) is 5.75 Å². The Morgan fingerprint density at radius 3 is 2.87 bits per heavy atom. The van der Waals surface area contributed by atoms with Crippen LogP contribution in [0.5, 0.6) is 5.75 Å². The van der Waals surface area contributed by atoms with Crippen molar-refractivity contribution >= 4 is 33.8 Å². The van der Waals surface area contributed by atoms with Crippen LogP contribution in [-0.4, -0.2) is 48.6 Å². The zero-order valence-corrected chi connectivity index (χ0v) is 14.2. The standard InChI is InChI=1S/C15H17BrN2O5/c1-10(14(20)18-7-6-17-15(18)21)23-13(19)5-8-22-12-4-2-3-11(16)9-12/h2-4,9-10H,5-8H2,1H3,(H,17,21)/t10-/m0/s1. The number of amides is 3. The summed E-state index contributed by atoms with van der Waals surface area (Å²) in [4.78, 5) is 36.1. The van der Waals surface area contributed by atoms with Crippen molar-refractivity contribution < 1.29 is 23.9 Å². The first kappa shape index (κ1) is 17.3. The van der Waals surface area contributed by atoms with Gasteiger partial charge in [0, 0.05) is 17.6 Å². The summed E-state index contributed by atoms with van der Waals surface area (Å²) in [7, 11) is 0. The van der Waals surface area contributed by atoms with E-state index in [1.165, 1.54) is 6.92 Å². The van der Waals surface area contributed by atoms with Gasteiger partial charge in [-0.3, -0.25) is 14.5 Å². The number of urea groups is 1. The molecule has 1 saturated heterocycles. The molecule has 1 aromatic rings. The lowest BCUT2D eigenvalue weighted by Crippen LogP contribution is -2.41. The molecule has 0 spiro atoms. The van der Waals surface area contributed by atoms with Crippen LogP contribution in [0.4, 0.5) is 4.79 Å². The molecular weight excluding hydrogens is 368 g/mol. The first-order valence-corrected chi connectivity index (χ1v) is 7.93. The molecule has 2 rings (SSSR count). The fraction of sp³-hybridized carbons (Fsp3) is 0.400. The van der Waals surface area contributed by atoms with E-state index in [0.717, 1.165) is 9.37 Å². The predicted molar refractivity (Wildman–Crippen MR) is 84.9 cm³/mol. The largest absolute Gasteiger partial charge is 0.493 e. The topological polar surface area (TPSA) is 84.9 Å². The van der Waals surface area contributed by atoms with Gasteiger partial charge in [-0.15, -0.1) is 0 Å². The molecule has 1 fully saturated rings. The summed E-state index contributed by atoms with van der Waals surface area (Å²) in [5, 5.41) is 2.52. The fourth-order valence-corrected chi connectivity index (χ4v) is 2.40. The Morgan fingerprint density at radius 1 is 1.43 bits per heavy atom. The normalized spacial score (nSPS) is 15.0. The molecule has 124 valence electrons. The minimum absolute atomic E-state index is 0.0102.